The molecule has 3 N–H and O–H groups in total. The molecule has 0 saturated heterocycles. The number of aryl methyl sites for hydroxylation is 1. The molecule has 1 atom stereocenters. The van der Waals surface area contributed by atoms with E-state index >= 15 is 0 Å². The van der Waals surface area contributed by atoms with Crippen LogP contribution >= 0.6 is 0 Å². The third-order valence-corrected chi connectivity index (χ3v) is 3.26. The first-order valence-corrected chi connectivity index (χ1v) is 6.45. The van der Waals surface area contributed by atoms with Crippen molar-refractivity contribution in [2.75, 3.05) is 0 Å². The van der Waals surface area contributed by atoms with Crippen LogP contribution < -0.4 is 11.1 Å². The molecule has 3 heteroatoms. The molecule has 0 heterocycles. The lowest BCUT2D eigenvalue weighted by Crippen LogP contribution is -2.26. The standard InChI is InChI=1S/C15H20N2O/c1-10(2)17-9-11-6-7-13-12(8-11)4-3-5-14(13)15(16)18/h6-8,10,14,17H,3-4,9H2,1-2H3,(H2,16,18). The monoisotopic (exact) mass is 244 g/mol. The van der Waals surface area contributed by atoms with Gasteiger partial charge >= 0.3 is 0 Å². The fraction of sp³-hybridized carbons (Fsp3) is 0.467. The molecule has 0 bridgehead atoms. The fourth-order valence-electron chi connectivity index (χ4n) is 2.30. The van der Waals surface area contributed by atoms with Crippen LogP contribution in [0.2, 0.25) is 0 Å². The van der Waals surface area contributed by atoms with Gasteiger partial charge in [0.2, 0.25) is 5.91 Å². The van der Waals surface area contributed by atoms with Crippen molar-refractivity contribution in [2.45, 2.75) is 45.2 Å². The minimum absolute atomic E-state index is 0.302. The molecule has 2 radical (unpaired) electrons. The molecular formula is C15H20N2O. The molecule has 0 spiro atoms. The Labute approximate surface area is 109 Å². The Morgan fingerprint density at radius 1 is 1.56 bits per heavy atom. The van der Waals surface area contributed by atoms with Crippen LogP contribution in [0.5, 0.6) is 0 Å². The molecule has 0 fully saturated rings. The number of nitrogens with two attached hydrogens (primary N) is 1. The number of fused-ring (bicyclic) bond motifs is 1. The summed E-state index contributed by atoms with van der Waals surface area (Å²) < 4.78 is 0. The van der Waals surface area contributed by atoms with Crippen LogP contribution in [0.3, 0.4) is 0 Å². The van der Waals surface area contributed by atoms with Gasteiger partial charge in [-0.3, -0.25) is 4.79 Å². The van der Waals surface area contributed by atoms with E-state index in [-0.39, 0.29) is 11.8 Å². The van der Waals surface area contributed by atoms with E-state index in [9.17, 15) is 4.79 Å². The van der Waals surface area contributed by atoms with Crippen molar-refractivity contribution in [3.05, 3.63) is 41.3 Å². The number of amides is 1. The number of nitrogens with one attached hydrogen (secondary N) is 1. The van der Waals surface area contributed by atoms with Gasteiger partial charge in [-0.2, -0.15) is 0 Å². The van der Waals surface area contributed by atoms with E-state index in [1.165, 1.54) is 11.1 Å². The van der Waals surface area contributed by atoms with Crippen molar-refractivity contribution < 1.29 is 4.79 Å². The number of carbonyl (C=O) groups is 1. The molecule has 1 aliphatic rings. The second kappa shape index (κ2) is 5.53. The molecule has 1 aromatic rings. The zero-order valence-corrected chi connectivity index (χ0v) is 11.0. The molecule has 2 rings (SSSR count). The van der Waals surface area contributed by atoms with E-state index in [1.54, 1.807) is 0 Å². The summed E-state index contributed by atoms with van der Waals surface area (Å²) in [6.45, 7) is 5.12. The van der Waals surface area contributed by atoms with Gasteiger partial charge in [0, 0.05) is 19.0 Å². The Balaban J connectivity index is 2.19. The summed E-state index contributed by atoms with van der Waals surface area (Å²) in [5, 5.41) is 3.40. The van der Waals surface area contributed by atoms with E-state index in [0.717, 1.165) is 24.9 Å². The lowest BCUT2D eigenvalue weighted by molar-refractivity contribution is -0.118. The topological polar surface area (TPSA) is 55.1 Å². The van der Waals surface area contributed by atoms with Crippen molar-refractivity contribution in [3.63, 3.8) is 0 Å². The minimum Gasteiger partial charge on any atom is -0.369 e. The Hall–Kier alpha value is -1.35. The second-order valence-corrected chi connectivity index (χ2v) is 5.11. The molecule has 1 aliphatic carbocycles. The Morgan fingerprint density at radius 2 is 2.33 bits per heavy atom. The van der Waals surface area contributed by atoms with Crippen LogP contribution in [0.4, 0.5) is 0 Å². The van der Waals surface area contributed by atoms with Crippen LogP contribution in [-0.2, 0) is 17.8 Å². The molecule has 96 valence electrons. The van der Waals surface area contributed by atoms with Gasteiger partial charge in [-0.05, 0) is 29.5 Å². The Bertz CT molecular complexity index is 440. The van der Waals surface area contributed by atoms with Crippen LogP contribution in [0, 0.1) is 6.42 Å². The van der Waals surface area contributed by atoms with Gasteiger partial charge in [-0.1, -0.05) is 32.0 Å². The third-order valence-electron chi connectivity index (χ3n) is 3.26. The van der Waals surface area contributed by atoms with Crippen molar-refractivity contribution in [3.8, 4) is 0 Å². The number of rotatable bonds is 4. The second-order valence-electron chi connectivity index (χ2n) is 5.11. The molecule has 1 amide bonds. The predicted molar refractivity (Wildman–Crippen MR) is 71.9 cm³/mol. The largest absolute Gasteiger partial charge is 0.369 e. The first-order chi connectivity index (χ1) is 8.58. The number of hydrogen-bond acceptors (Lipinski definition) is 2. The Morgan fingerprint density at radius 3 is 3.00 bits per heavy atom. The predicted octanol–water partition coefficient (Wildman–Crippen LogP) is 1.78. The third kappa shape index (κ3) is 2.91. The highest BCUT2D eigenvalue weighted by Crippen LogP contribution is 2.31. The molecule has 0 aromatic heterocycles. The molecule has 1 unspecified atom stereocenters. The minimum atomic E-state index is -0.333. The molecule has 18 heavy (non-hydrogen) atoms. The molecule has 0 aliphatic heterocycles. The highest BCUT2D eigenvalue weighted by Gasteiger charge is 2.25. The summed E-state index contributed by atoms with van der Waals surface area (Å²) >= 11 is 0. The quantitative estimate of drug-likeness (QED) is 0.848. The SMILES string of the molecule is CC(C)NCc1ccc2c(c1)CC[C]C2C(N)=O. The number of hydrogen-bond donors (Lipinski definition) is 2. The summed E-state index contributed by atoms with van der Waals surface area (Å²) in [4.78, 5) is 11.4. The zero-order valence-electron chi connectivity index (χ0n) is 11.0. The summed E-state index contributed by atoms with van der Waals surface area (Å²) in [5.74, 6) is -0.634. The number of primary amides is 1. The average molecular weight is 244 g/mol. The number of benzene rings is 1. The summed E-state index contributed by atoms with van der Waals surface area (Å²) in [5.41, 5.74) is 8.93. The molecular weight excluding hydrogens is 224 g/mol. The van der Waals surface area contributed by atoms with Gasteiger partial charge in [0.1, 0.15) is 0 Å². The van der Waals surface area contributed by atoms with Crippen LogP contribution in [-0.4, -0.2) is 11.9 Å². The van der Waals surface area contributed by atoms with E-state index in [2.05, 4.69) is 37.7 Å². The van der Waals surface area contributed by atoms with E-state index in [0.29, 0.717) is 6.04 Å². The first-order valence-electron chi connectivity index (χ1n) is 6.45. The molecule has 3 nitrogen and oxygen atoms in total. The summed E-state index contributed by atoms with van der Waals surface area (Å²) in [6, 6.07) is 6.74. The highest BCUT2D eigenvalue weighted by molar-refractivity contribution is 5.84. The van der Waals surface area contributed by atoms with Crippen LogP contribution in [0.15, 0.2) is 18.2 Å². The molecule has 0 saturated carbocycles. The van der Waals surface area contributed by atoms with Crippen molar-refractivity contribution >= 4 is 5.91 Å². The zero-order chi connectivity index (χ0) is 13.1. The average Bonchev–Trinajstić information content (AvgIpc) is 2.35. The lowest BCUT2D eigenvalue weighted by Gasteiger charge is -2.23. The highest BCUT2D eigenvalue weighted by atomic mass is 16.1. The first kappa shape index (κ1) is 13.1. The van der Waals surface area contributed by atoms with Gasteiger partial charge in [-0.15, -0.1) is 0 Å². The maximum absolute atomic E-state index is 11.4. The maximum Gasteiger partial charge on any atom is 0.225 e. The van der Waals surface area contributed by atoms with Crippen molar-refractivity contribution in [2.24, 2.45) is 5.73 Å². The van der Waals surface area contributed by atoms with E-state index in [4.69, 9.17) is 5.73 Å². The maximum atomic E-state index is 11.4. The van der Waals surface area contributed by atoms with Crippen LogP contribution in [0.1, 0.15) is 42.9 Å². The summed E-state index contributed by atoms with van der Waals surface area (Å²) in [6.07, 6.45) is 4.91. The van der Waals surface area contributed by atoms with Crippen molar-refractivity contribution in [1.29, 1.82) is 0 Å². The van der Waals surface area contributed by atoms with E-state index in [1.807, 2.05) is 6.07 Å². The lowest BCUT2D eigenvalue weighted by atomic mass is 9.81. The fourth-order valence-corrected chi connectivity index (χ4v) is 2.30. The van der Waals surface area contributed by atoms with Gasteiger partial charge < -0.3 is 11.1 Å². The molecule has 1 aromatic carbocycles. The van der Waals surface area contributed by atoms with Gasteiger partial charge in [0.05, 0.1) is 5.92 Å². The van der Waals surface area contributed by atoms with Gasteiger partial charge in [0.25, 0.3) is 0 Å². The van der Waals surface area contributed by atoms with Gasteiger partial charge in [0.15, 0.2) is 0 Å². The smallest absolute Gasteiger partial charge is 0.225 e. The number of carbonyl (C=O) groups excluding carboxylic acids is 1. The Kier molecular flexibility index (Phi) is 4.02. The van der Waals surface area contributed by atoms with E-state index < -0.39 is 0 Å². The van der Waals surface area contributed by atoms with Gasteiger partial charge in [-0.25, -0.2) is 0 Å². The summed E-state index contributed by atoms with van der Waals surface area (Å²) in [7, 11) is 0. The normalized spacial score (nSPS) is 18.7. The van der Waals surface area contributed by atoms with Crippen LogP contribution in [0.25, 0.3) is 0 Å². The van der Waals surface area contributed by atoms with Crippen molar-refractivity contribution in [1.82, 2.24) is 5.32 Å².